The van der Waals surface area contributed by atoms with Crippen LogP contribution in [-0.4, -0.2) is 23.6 Å². The summed E-state index contributed by atoms with van der Waals surface area (Å²) in [4.78, 5) is 24.6. The third-order valence-electron chi connectivity index (χ3n) is 5.39. The number of fused-ring (bicyclic) bond motifs is 1. The largest absolute Gasteiger partial charge is 0.478 e. The van der Waals surface area contributed by atoms with E-state index in [0.29, 0.717) is 0 Å². The molecule has 8 heteroatoms. The summed E-state index contributed by atoms with van der Waals surface area (Å²) < 4.78 is 28.8. The summed E-state index contributed by atoms with van der Waals surface area (Å²) in [5.74, 6) is -1.61. The maximum Gasteiger partial charge on any atom is 0.387 e. The Bertz CT molecular complexity index is 1110. The van der Waals surface area contributed by atoms with E-state index in [4.69, 9.17) is 0 Å². The van der Waals surface area contributed by atoms with Crippen molar-refractivity contribution in [3.63, 3.8) is 0 Å². The lowest BCUT2D eigenvalue weighted by Gasteiger charge is -2.24. The molecule has 1 heterocycles. The monoisotopic (exact) mass is 443 g/mol. The molecule has 0 fully saturated rings. The van der Waals surface area contributed by atoms with Gasteiger partial charge >= 0.3 is 12.6 Å². The van der Waals surface area contributed by atoms with Crippen LogP contribution in [0.3, 0.4) is 0 Å². The minimum Gasteiger partial charge on any atom is -0.478 e. The number of carboxylic acid groups (broad SMARTS) is 1. The fraction of sp³-hybridized carbons (Fsp3) is 0.217. The average Bonchev–Trinajstić information content (AvgIpc) is 3.17. The van der Waals surface area contributed by atoms with E-state index < -0.39 is 18.5 Å². The fourth-order valence-corrected chi connectivity index (χ4v) is 4.94. The Morgan fingerprint density at radius 2 is 1.81 bits per heavy atom. The van der Waals surface area contributed by atoms with Crippen molar-refractivity contribution in [3.8, 4) is 5.75 Å². The first kappa shape index (κ1) is 21.0. The van der Waals surface area contributed by atoms with Gasteiger partial charge < -0.3 is 15.2 Å². The Morgan fingerprint density at radius 3 is 2.48 bits per heavy atom. The molecule has 1 unspecified atom stereocenters. The molecule has 3 aromatic rings. The number of alkyl halides is 2. The van der Waals surface area contributed by atoms with Crippen LogP contribution >= 0.6 is 11.3 Å². The van der Waals surface area contributed by atoms with Gasteiger partial charge in [-0.1, -0.05) is 24.3 Å². The molecule has 5 nitrogen and oxygen atoms in total. The molecule has 4 rings (SSSR count). The van der Waals surface area contributed by atoms with Crippen LogP contribution in [0.4, 0.5) is 13.8 Å². The molecule has 0 saturated heterocycles. The lowest BCUT2D eigenvalue weighted by molar-refractivity contribution is -0.0498. The standard InChI is InChI=1S/C23H19F2NO4S/c24-23(25)30-17-9-7-14(8-10-17)20(27)26-21-19(22(28)29)18(12-31-21)16-6-5-13-3-1-2-4-15(13)11-16/h1-4,7-10,12,16,23H,5-6,11H2,(H,26,27)(H,28,29). The Balaban J connectivity index is 1.54. The topological polar surface area (TPSA) is 75.6 Å². The Morgan fingerprint density at radius 1 is 1.10 bits per heavy atom. The smallest absolute Gasteiger partial charge is 0.387 e. The SMILES string of the molecule is O=C(Nc1scc(C2CCc3ccccc3C2)c1C(=O)O)c1ccc(OC(F)F)cc1. The first-order valence-corrected chi connectivity index (χ1v) is 10.6. The summed E-state index contributed by atoms with van der Waals surface area (Å²) >= 11 is 1.18. The van der Waals surface area contributed by atoms with Gasteiger partial charge in [0.15, 0.2) is 0 Å². The van der Waals surface area contributed by atoms with Crippen molar-refractivity contribution >= 4 is 28.2 Å². The number of thiophene rings is 1. The molecular weight excluding hydrogens is 424 g/mol. The van der Waals surface area contributed by atoms with Crippen LogP contribution in [0, 0.1) is 0 Å². The third-order valence-corrected chi connectivity index (χ3v) is 6.30. The summed E-state index contributed by atoms with van der Waals surface area (Å²) in [5, 5.41) is 14.6. The lowest BCUT2D eigenvalue weighted by Crippen LogP contribution is -2.17. The van der Waals surface area contributed by atoms with Crippen LogP contribution in [-0.2, 0) is 12.8 Å². The molecule has 1 atom stereocenters. The van der Waals surface area contributed by atoms with Gasteiger partial charge in [0, 0.05) is 5.56 Å². The second-order valence-electron chi connectivity index (χ2n) is 7.27. The number of ether oxygens (including phenoxy) is 1. The number of aromatic carboxylic acids is 1. The van der Waals surface area contributed by atoms with Crippen LogP contribution in [0.1, 0.15) is 49.7 Å². The number of carbonyl (C=O) groups excluding carboxylic acids is 1. The molecular formula is C23H19F2NO4S. The molecule has 1 amide bonds. The Hall–Kier alpha value is -3.26. The number of nitrogens with one attached hydrogen (secondary N) is 1. The van der Waals surface area contributed by atoms with Gasteiger partial charge in [0.1, 0.15) is 10.8 Å². The number of halogens is 2. The Labute approximate surface area is 181 Å². The van der Waals surface area contributed by atoms with Crippen LogP contribution in [0.25, 0.3) is 0 Å². The highest BCUT2D eigenvalue weighted by Gasteiger charge is 2.28. The number of anilines is 1. The number of benzene rings is 2. The maximum atomic E-state index is 12.6. The molecule has 2 N–H and O–H groups in total. The summed E-state index contributed by atoms with van der Waals surface area (Å²) in [5.41, 5.74) is 3.56. The van der Waals surface area contributed by atoms with Crippen molar-refractivity contribution in [1.29, 1.82) is 0 Å². The quantitative estimate of drug-likeness (QED) is 0.522. The predicted octanol–water partition coefficient (Wildman–Crippen LogP) is 5.57. The Kier molecular flexibility index (Phi) is 5.99. The van der Waals surface area contributed by atoms with E-state index in [0.717, 1.165) is 24.8 Å². The molecule has 0 spiro atoms. The number of hydrogen-bond donors (Lipinski definition) is 2. The number of rotatable bonds is 6. The second-order valence-corrected chi connectivity index (χ2v) is 8.15. The fourth-order valence-electron chi connectivity index (χ4n) is 3.91. The zero-order valence-corrected chi connectivity index (χ0v) is 17.1. The van der Waals surface area contributed by atoms with Crippen molar-refractivity contribution < 1.29 is 28.2 Å². The van der Waals surface area contributed by atoms with Crippen LogP contribution in [0.5, 0.6) is 5.75 Å². The van der Waals surface area contributed by atoms with E-state index in [2.05, 4.69) is 22.2 Å². The van der Waals surface area contributed by atoms with Crippen molar-refractivity contribution in [1.82, 2.24) is 0 Å². The molecule has 160 valence electrons. The van der Waals surface area contributed by atoms with Gasteiger partial charge in [-0.15, -0.1) is 11.3 Å². The third kappa shape index (κ3) is 4.59. The zero-order chi connectivity index (χ0) is 22.0. The average molecular weight is 443 g/mol. The summed E-state index contributed by atoms with van der Waals surface area (Å²) in [7, 11) is 0. The number of amides is 1. The molecule has 0 saturated carbocycles. The lowest BCUT2D eigenvalue weighted by atomic mass is 9.80. The summed E-state index contributed by atoms with van der Waals surface area (Å²) in [6.07, 6.45) is 2.48. The van der Waals surface area contributed by atoms with E-state index >= 15 is 0 Å². The molecule has 0 aliphatic heterocycles. The van der Waals surface area contributed by atoms with Crippen LogP contribution in [0.15, 0.2) is 53.9 Å². The number of carboxylic acids is 1. The molecule has 2 aromatic carbocycles. The number of hydrogen-bond acceptors (Lipinski definition) is 4. The minimum atomic E-state index is -2.95. The molecule has 1 aliphatic carbocycles. The maximum absolute atomic E-state index is 12.6. The number of carbonyl (C=O) groups is 2. The first-order chi connectivity index (χ1) is 14.9. The van der Waals surface area contributed by atoms with Gasteiger partial charge in [0.2, 0.25) is 0 Å². The van der Waals surface area contributed by atoms with Crippen LogP contribution < -0.4 is 10.1 Å². The van der Waals surface area contributed by atoms with Gasteiger partial charge in [0.05, 0.1) is 5.56 Å². The van der Waals surface area contributed by atoms with Gasteiger partial charge in [-0.2, -0.15) is 8.78 Å². The summed E-state index contributed by atoms with van der Waals surface area (Å²) in [6.45, 7) is -2.95. The normalized spacial score (nSPS) is 15.4. The molecule has 31 heavy (non-hydrogen) atoms. The highest BCUT2D eigenvalue weighted by molar-refractivity contribution is 7.15. The van der Waals surface area contributed by atoms with Gasteiger partial charge in [-0.05, 0) is 71.5 Å². The molecule has 1 aromatic heterocycles. The van der Waals surface area contributed by atoms with E-state index in [9.17, 15) is 23.5 Å². The first-order valence-electron chi connectivity index (χ1n) is 9.70. The molecule has 0 radical (unpaired) electrons. The minimum absolute atomic E-state index is 0.0613. The van der Waals surface area contributed by atoms with E-state index in [1.54, 1.807) is 5.38 Å². The summed E-state index contributed by atoms with van der Waals surface area (Å²) in [6, 6.07) is 13.4. The molecule has 0 bridgehead atoms. The van der Waals surface area contributed by atoms with E-state index in [1.165, 1.54) is 46.7 Å². The highest BCUT2D eigenvalue weighted by atomic mass is 32.1. The van der Waals surface area contributed by atoms with Crippen molar-refractivity contribution in [2.75, 3.05) is 5.32 Å². The van der Waals surface area contributed by atoms with Crippen molar-refractivity contribution in [2.24, 2.45) is 0 Å². The van der Waals surface area contributed by atoms with Crippen LogP contribution in [0.2, 0.25) is 0 Å². The van der Waals surface area contributed by atoms with Crippen molar-refractivity contribution in [2.45, 2.75) is 31.8 Å². The zero-order valence-electron chi connectivity index (χ0n) is 16.3. The second kappa shape index (κ2) is 8.85. The predicted molar refractivity (Wildman–Crippen MR) is 114 cm³/mol. The van der Waals surface area contributed by atoms with Crippen molar-refractivity contribution in [3.05, 3.63) is 81.7 Å². The van der Waals surface area contributed by atoms with Gasteiger partial charge in [-0.3, -0.25) is 4.79 Å². The molecule has 1 aliphatic rings. The number of aryl methyl sites for hydroxylation is 1. The van der Waals surface area contributed by atoms with Gasteiger partial charge in [0.25, 0.3) is 5.91 Å². The van der Waals surface area contributed by atoms with E-state index in [1.807, 2.05) is 12.1 Å². The van der Waals surface area contributed by atoms with E-state index in [-0.39, 0.29) is 27.8 Å². The highest BCUT2D eigenvalue weighted by Crippen LogP contribution is 2.39. The van der Waals surface area contributed by atoms with Gasteiger partial charge in [-0.25, -0.2) is 4.79 Å².